The van der Waals surface area contributed by atoms with Crippen LogP contribution in [0.1, 0.15) is 12.1 Å². The summed E-state index contributed by atoms with van der Waals surface area (Å²) in [5.74, 6) is 0.277. The summed E-state index contributed by atoms with van der Waals surface area (Å²) < 4.78 is 14.6. The van der Waals surface area contributed by atoms with Crippen molar-refractivity contribution in [3.05, 3.63) is 41.8 Å². The highest BCUT2D eigenvalue weighted by molar-refractivity contribution is 6.17. The highest BCUT2D eigenvalue weighted by Gasteiger charge is 2.08. The molecule has 2 rings (SSSR count). The van der Waals surface area contributed by atoms with Gasteiger partial charge in [0.1, 0.15) is 5.82 Å². The average Bonchev–Trinajstić information content (AvgIpc) is 2.80. The Morgan fingerprint density at radius 2 is 2.00 bits per heavy atom. The van der Waals surface area contributed by atoms with E-state index in [2.05, 4.69) is 5.10 Å². The van der Waals surface area contributed by atoms with Gasteiger partial charge in [-0.1, -0.05) is 0 Å². The van der Waals surface area contributed by atoms with Gasteiger partial charge >= 0.3 is 0 Å². The summed E-state index contributed by atoms with van der Waals surface area (Å²) in [6.07, 6.45) is 0.791. The molecule has 0 saturated carbocycles. The van der Waals surface area contributed by atoms with Crippen LogP contribution in [0.15, 0.2) is 30.3 Å². The molecule has 0 amide bonds. The van der Waals surface area contributed by atoms with Crippen LogP contribution in [0.2, 0.25) is 0 Å². The number of hydrogen-bond acceptors (Lipinski definition) is 2. The lowest BCUT2D eigenvalue weighted by Crippen LogP contribution is -2.05. The van der Waals surface area contributed by atoms with Gasteiger partial charge in [0.2, 0.25) is 0 Å². The average molecular weight is 269 g/mol. The van der Waals surface area contributed by atoms with E-state index in [1.807, 2.05) is 6.07 Å². The summed E-state index contributed by atoms with van der Waals surface area (Å²) in [6.45, 7) is 0.594. The molecule has 0 radical (unpaired) electrons. The molecule has 0 unspecified atom stereocenters. The fourth-order valence-electron chi connectivity index (χ4n) is 1.75. The van der Waals surface area contributed by atoms with Gasteiger partial charge in [-0.25, -0.2) is 4.39 Å². The van der Waals surface area contributed by atoms with E-state index < -0.39 is 0 Å². The molecule has 0 spiro atoms. The minimum absolute atomic E-state index is 0.0729. The van der Waals surface area contributed by atoms with Crippen LogP contribution in [0.3, 0.4) is 0 Å². The maximum absolute atomic E-state index is 12.8. The van der Waals surface area contributed by atoms with E-state index in [1.165, 1.54) is 12.1 Å². The normalized spacial score (nSPS) is 10.8. The lowest BCUT2D eigenvalue weighted by atomic mass is 10.1. The molecule has 1 aromatic carbocycles. The predicted octanol–water partition coefficient (Wildman–Crippen LogP) is 2.81. The quantitative estimate of drug-likeness (QED) is 0.847. The monoisotopic (exact) mass is 268 g/mol. The number of aryl methyl sites for hydroxylation is 1. The maximum atomic E-state index is 12.8. The first kappa shape index (κ1) is 13.1. The molecule has 5 heteroatoms. The number of benzene rings is 1. The third-order valence-electron chi connectivity index (χ3n) is 2.67. The third kappa shape index (κ3) is 2.89. The second kappa shape index (κ2) is 5.98. The highest BCUT2D eigenvalue weighted by atomic mass is 35.5. The van der Waals surface area contributed by atoms with Crippen LogP contribution in [-0.4, -0.2) is 20.8 Å². The molecule has 18 heavy (non-hydrogen) atoms. The zero-order valence-electron chi connectivity index (χ0n) is 9.81. The molecule has 3 nitrogen and oxygen atoms in total. The summed E-state index contributed by atoms with van der Waals surface area (Å²) in [7, 11) is 0. The number of rotatable bonds is 5. The van der Waals surface area contributed by atoms with Crippen molar-refractivity contribution in [3.8, 4) is 11.3 Å². The number of nitrogens with zero attached hydrogens (tertiary/aromatic N) is 2. The molecule has 1 aromatic heterocycles. The molecule has 0 aliphatic rings. The van der Waals surface area contributed by atoms with E-state index in [9.17, 15) is 9.50 Å². The Morgan fingerprint density at radius 1 is 1.28 bits per heavy atom. The summed E-state index contributed by atoms with van der Waals surface area (Å²) in [6, 6.07) is 7.94. The molecule has 1 N–H and O–H groups in total. The Balaban J connectivity index is 2.28. The number of aromatic nitrogens is 2. The minimum atomic E-state index is -0.275. The van der Waals surface area contributed by atoms with Crippen LogP contribution in [0.4, 0.5) is 4.39 Å². The molecule has 1 heterocycles. The van der Waals surface area contributed by atoms with Crippen molar-refractivity contribution in [1.82, 2.24) is 9.78 Å². The predicted molar refractivity (Wildman–Crippen MR) is 68.9 cm³/mol. The highest BCUT2D eigenvalue weighted by Crippen LogP contribution is 2.20. The van der Waals surface area contributed by atoms with Crippen molar-refractivity contribution in [2.45, 2.75) is 19.6 Å². The standard InChI is InChI=1S/C13H14ClFN2O/c14-6-1-7-17-12(9-18)8-13(16-17)10-2-4-11(15)5-3-10/h2-5,8,18H,1,6-7,9H2. The number of halogens is 2. The van der Waals surface area contributed by atoms with Crippen LogP contribution >= 0.6 is 11.6 Å². The largest absolute Gasteiger partial charge is 0.390 e. The van der Waals surface area contributed by atoms with Gasteiger partial charge in [0.15, 0.2) is 0 Å². The summed E-state index contributed by atoms with van der Waals surface area (Å²) in [5, 5.41) is 13.7. The molecule has 96 valence electrons. The maximum Gasteiger partial charge on any atom is 0.123 e. The van der Waals surface area contributed by atoms with Gasteiger partial charge in [0.05, 0.1) is 18.0 Å². The number of aliphatic hydroxyl groups is 1. The SMILES string of the molecule is OCc1cc(-c2ccc(F)cc2)nn1CCCCl. The first-order chi connectivity index (χ1) is 8.74. The lowest BCUT2D eigenvalue weighted by molar-refractivity contribution is 0.267. The fraction of sp³-hybridized carbons (Fsp3) is 0.308. The second-order valence-corrected chi connectivity index (χ2v) is 4.33. The number of aliphatic hydroxyl groups excluding tert-OH is 1. The van der Waals surface area contributed by atoms with Gasteiger partial charge in [-0.3, -0.25) is 4.68 Å². The Morgan fingerprint density at radius 3 is 2.61 bits per heavy atom. The molecule has 0 aliphatic heterocycles. The van der Waals surface area contributed by atoms with Crippen LogP contribution in [0.5, 0.6) is 0 Å². The fourth-order valence-corrected chi connectivity index (χ4v) is 1.87. The second-order valence-electron chi connectivity index (χ2n) is 3.95. The summed E-state index contributed by atoms with van der Waals surface area (Å²) in [4.78, 5) is 0. The Bertz CT molecular complexity index is 510. The molecule has 0 saturated heterocycles. The van der Waals surface area contributed by atoms with Gasteiger partial charge < -0.3 is 5.11 Å². The minimum Gasteiger partial charge on any atom is -0.390 e. The molecular weight excluding hydrogens is 255 g/mol. The van der Waals surface area contributed by atoms with Gasteiger partial charge in [-0.05, 0) is 36.8 Å². The van der Waals surface area contributed by atoms with Crippen molar-refractivity contribution in [1.29, 1.82) is 0 Å². The van der Waals surface area contributed by atoms with E-state index >= 15 is 0 Å². The van der Waals surface area contributed by atoms with Crippen molar-refractivity contribution < 1.29 is 9.50 Å². The zero-order valence-corrected chi connectivity index (χ0v) is 10.6. The topological polar surface area (TPSA) is 38.1 Å². The van der Waals surface area contributed by atoms with E-state index in [1.54, 1.807) is 16.8 Å². The van der Waals surface area contributed by atoms with Crippen molar-refractivity contribution in [2.24, 2.45) is 0 Å². The molecule has 0 aliphatic carbocycles. The van der Waals surface area contributed by atoms with Gasteiger partial charge in [-0.2, -0.15) is 5.10 Å². The Kier molecular flexibility index (Phi) is 4.33. The number of alkyl halides is 1. The molecule has 2 aromatic rings. The van der Waals surface area contributed by atoms with E-state index in [0.717, 1.165) is 23.4 Å². The first-order valence-corrected chi connectivity index (χ1v) is 6.27. The summed E-state index contributed by atoms with van der Waals surface area (Å²) in [5.41, 5.74) is 2.30. The third-order valence-corrected chi connectivity index (χ3v) is 2.94. The molecule has 0 bridgehead atoms. The van der Waals surface area contributed by atoms with Crippen molar-refractivity contribution in [2.75, 3.05) is 5.88 Å². The summed E-state index contributed by atoms with van der Waals surface area (Å²) >= 11 is 5.64. The molecular formula is C13H14ClFN2O. The van der Waals surface area contributed by atoms with Crippen LogP contribution in [0.25, 0.3) is 11.3 Å². The Labute approximate surface area is 110 Å². The molecule has 0 fully saturated rings. The van der Waals surface area contributed by atoms with E-state index in [-0.39, 0.29) is 12.4 Å². The van der Waals surface area contributed by atoms with Crippen molar-refractivity contribution >= 4 is 11.6 Å². The first-order valence-electron chi connectivity index (χ1n) is 5.74. The van der Waals surface area contributed by atoms with Gasteiger partial charge in [0, 0.05) is 18.0 Å². The Hall–Kier alpha value is -1.39. The van der Waals surface area contributed by atoms with Crippen LogP contribution < -0.4 is 0 Å². The van der Waals surface area contributed by atoms with E-state index in [0.29, 0.717) is 12.4 Å². The smallest absolute Gasteiger partial charge is 0.123 e. The van der Waals surface area contributed by atoms with E-state index in [4.69, 9.17) is 11.6 Å². The van der Waals surface area contributed by atoms with Gasteiger partial charge in [0.25, 0.3) is 0 Å². The number of hydrogen-bond donors (Lipinski definition) is 1. The molecule has 0 atom stereocenters. The lowest BCUT2D eigenvalue weighted by Gasteiger charge is -2.02. The van der Waals surface area contributed by atoms with Crippen LogP contribution in [-0.2, 0) is 13.2 Å². The van der Waals surface area contributed by atoms with Crippen LogP contribution in [0, 0.1) is 5.82 Å². The van der Waals surface area contributed by atoms with Crippen molar-refractivity contribution in [3.63, 3.8) is 0 Å². The zero-order chi connectivity index (χ0) is 13.0. The van der Waals surface area contributed by atoms with Gasteiger partial charge in [-0.15, -0.1) is 11.6 Å².